The van der Waals surface area contributed by atoms with Crippen LogP contribution in [0, 0.1) is 11.3 Å². The highest BCUT2D eigenvalue weighted by atomic mass is 16.2. The highest BCUT2D eigenvalue weighted by Crippen LogP contribution is 2.41. The van der Waals surface area contributed by atoms with Gasteiger partial charge in [-0.2, -0.15) is 0 Å². The largest absolute Gasteiger partial charge is 0.342 e. The molecule has 136 valence electrons. The molecule has 3 fully saturated rings. The predicted octanol–water partition coefficient (Wildman–Crippen LogP) is 3.48. The summed E-state index contributed by atoms with van der Waals surface area (Å²) >= 11 is 0. The van der Waals surface area contributed by atoms with Gasteiger partial charge in [-0.3, -0.25) is 14.7 Å². The fourth-order valence-corrected chi connectivity index (χ4v) is 5.23. The second-order valence-corrected chi connectivity index (χ2v) is 8.46. The maximum atomic E-state index is 13.3. The van der Waals surface area contributed by atoms with Crippen LogP contribution in [0.3, 0.4) is 0 Å². The zero-order chi connectivity index (χ0) is 17.1. The molecule has 25 heavy (non-hydrogen) atoms. The van der Waals surface area contributed by atoms with Crippen LogP contribution in [0.4, 0.5) is 0 Å². The summed E-state index contributed by atoms with van der Waals surface area (Å²) < 4.78 is 0. The Morgan fingerprint density at radius 1 is 1.12 bits per heavy atom. The van der Waals surface area contributed by atoms with E-state index in [1.807, 2.05) is 18.5 Å². The summed E-state index contributed by atoms with van der Waals surface area (Å²) in [7, 11) is 0. The minimum absolute atomic E-state index is 0.102. The highest BCUT2D eigenvalue weighted by molar-refractivity contribution is 5.84. The van der Waals surface area contributed by atoms with Crippen LogP contribution in [-0.4, -0.2) is 46.9 Å². The van der Waals surface area contributed by atoms with Crippen LogP contribution >= 0.6 is 0 Å². The Morgan fingerprint density at radius 3 is 2.80 bits per heavy atom. The van der Waals surface area contributed by atoms with Crippen molar-refractivity contribution in [2.45, 2.75) is 57.9 Å². The standard InChI is InChI=1S/C21H31N3O/c25-20-21(9-5-12-24(20)16-18-6-2-1-3-7-18)10-13-23(17-21)15-19-8-4-11-22-14-19/h4,8,11,14,18H,1-3,5-7,9-10,12-13,15-17H2. The van der Waals surface area contributed by atoms with Crippen molar-refractivity contribution in [3.8, 4) is 0 Å². The lowest BCUT2D eigenvalue weighted by Crippen LogP contribution is -2.51. The molecule has 0 aromatic carbocycles. The Balaban J connectivity index is 1.38. The Kier molecular flexibility index (Phi) is 5.07. The number of hydrogen-bond donors (Lipinski definition) is 0. The van der Waals surface area contributed by atoms with Crippen molar-refractivity contribution in [2.24, 2.45) is 11.3 Å². The van der Waals surface area contributed by atoms with E-state index in [9.17, 15) is 4.79 Å². The maximum absolute atomic E-state index is 13.3. The number of rotatable bonds is 4. The number of hydrogen-bond acceptors (Lipinski definition) is 3. The van der Waals surface area contributed by atoms with E-state index in [-0.39, 0.29) is 5.41 Å². The van der Waals surface area contributed by atoms with Gasteiger partial charge in [0, 0.05) is 38.6 Å². The van der Waals surface area contributed by atoms with Crippen LogP contribution in [-0.2, 0) is 11.3 Å². The van der Waals surface area contributed by atoms with Crippen LogP contribution in [0.15, 0.2) is 24.5 Å². The van der Waals surface area contributed by atoms with E-state index in [4.69, 9.17) is 0 Å². The number of amides is 1. The van der Waals surface area contributed by atoms with Gasteiger partial charge in [0.2, 0.25) is 5.91 Å². The van der Waals surface area contributed by atoms with Crippen molar-refractivity contribution in [3.63, 3.8) is 0 Å². The fourth-order valence-electron chi connectivity index (χ4n) is 5.23. The smallest absolute Gasteiger partial charge is 0.230 e. The van der Waals surface area contributed by atoms with Gasteiger partial charge >= 0.3 is 0 Å². The summed E-state index contributed by atoms with van der Waals surface area (Å²) in [4.78, 5) is 22.2. The average Bonchev–Trinajstić information content (AvgIpc) is 3.04. The van der Waals surface area contributed by atoms with Gasteiger partial charge in [0.1, 0.15) is 0 Å². The molecule has 1 aromatic rings. The minimum atomic E-state index is -0.102. The predicted molar refractivity (Wildman–Crippen MR) is 99.0 cm³/mol. The molecule has 1 spiro atoms. The first-order valence-electron chi connectivity index (χ1n) is 10.2. The first-order valence-corrected chi connectivity index (χ1v) is 10.2. The number of likely N-dealkylation sites (tertiary alicyclic amines) is 2. The van der Waals surface area contributed by atoms with Crippen molar-refractivity contribution in [2.75, 3.05) is 26.2 Å². The topological polar surface area (TPSA) is 36.4 Å². The van der Waals surface area contributed by atoms with E-state index in [1.165, 1.54) is 44.1 Å². The molecule has 1 unspecified atom stereocenters. The molecule has 1 amide bonds. The second-order valence-electron chi connectivity index (χ2n) is 8.46. The normalized spacial score (nSPS) is 28.8. The molecular weight excluding hydrogens is 310 g/mol. The lowest BCUT2D eigenvalue weighted by Gasteiger charge is -2.41. The second kappa shape index (κ2) is 7.45. The molecule has 1 aromatic heterocycles. The van der Waals surface area contributed by atoms with Gasteiger partial charge in [-0.1, -0.05) is 25.3 Å². The first-order chi connectivity index (χ1) is 12.3. The number of carbonyl (C=O) groups is 1. The van der Waals surface area contributed by atoms with Gasteiger partial charge in [-0.15, -0.1) is 0 Å². The summed E-state index contributed by atoms with van der Waals surface area (Å²) in [6.07, 6.45) is 13.8. The van der Waals surface area contributed by atoms with Crippen molar-refractivity contribution < 1.29 is 4.79 Å². The minimum Gasteiger partial charge on any atom is -0.342 e. The molecule has 0 N–H and O–H groups in total. The van der Waals surface area contributed by atoms with Crippen LogP contribution < -0.4 is 0 Å². The lowest BCUT2D eigenvalue weighted by atomic mass is 9.77. The summed E-state index contributed by atoms with van der Waals surface area (Å²) in [5, 5.41) is 0. The molecule has 0 radical (unpaired) electrons. The zero-order valence-electron chi connectivity index (χ0n) is 15.3. The Labute approximate surface area is 151 Å². The number of nitrogens with zero attached hydrogens (tertiary/aromatic N) is 3. The van der Waals surface area contributed by atoms with Gasteiger partial charge in [0.25, 0.3) is 0 Å². The quantitative estimate of drug-likeness (QED) is 0.841. The third-order valence-electron chi connectivity index (χ3n) is 6.59. The third-order valence-corrected chi connectivity index (χ3v) is 6.59. The zero-order valence-corrected chi connectivity index (χ0v) is 15.3. The molecule has 2 saturated heterocycles. The van der Waals surface area contributed by atoms with Gasteiger partial charge in [0.05, 0.1) is 5.41 Å². The average molecular weight is 341 g/mol. The molecule has 4 heteroatoms. The third kappa shape index (κ3) is 3.74. The van der Waals surface area contributed by atoms with Gasteiger partial charge < -0.3 is 4.90 Å². The molecule has 4 rings (SSSR count). The lowest BCUT2D eigenvalue weighted by molar-refractivity contribution is -0.146. The van der Waals surface area contributed by atoms with Gasteiger partial charge in [-0.05, 0) is 56.2 Å². The van der Waals surface area contributed by atoms with E-state index in [0.717, 1.165) is 51.5 Å². The van der Waals surface area contributed by atoms with E-state index in [1.54, 1.807) is 0 Å². The summed E-state index contributed by atoms with van der Waals surface area (Å²) in [5.74, 6) is 1.21. The van der Waals surface area contributed by atoms with Gasteiger partial charge in [0.15, 0.2) is 0 Å². The number of piperidine rings is 1. The van der Waals surface area contributed by atoms with Crippen molar-refractivity contribution >= 4 is 5.91 Å². The molecule has 1 saturated carbocycles. The van der Waals surface area contributed by atoms with E-state index >= 15 is 0 Å². The van der Waals surface area contributed by atoms with Crippen LogP contribution in [0.25, 0.3) is 0 Å². The van der Waals surface area contributed by atoms with E-state index in [2.05, 4.69) is 20.9 Å². The molecule has 2 aliphatic heterocycles. The molecule has 1 atom stereocenters. The number of aromatic nitrogens is 1. The Bertz CT molecular complexity index is 584. The van der Waals surface area contributed by atoms with Gasteiger partial charge in [-0.25, -0.2) is 0 Å². The molecule has 3 aliphatic rings. The molecule has 4 nitrogen and oxygen atoms in total. The molecular formula is C21H31N3O. The maximum Gasteiger partial charge on any atom is 0.230 e. The number of pyridine rings is 1. The SMILES string of the molecule is O=C1N(CC2CCCCC2)CCCC12CCN(Cc1cccnc1)C2. The Hall–Kier alpha value is -1.42. The fraction of sp³-hybridized carbons (Fsp3) is 0.714. The van der Waals surface area contributed by atoms with Crippen molar-refractivity contribution in [1.82, 2.24) is 14.8 Å². The van der Waals surface area contributed by atoms with Crippen LogP contribution in [0.2, 0.25) is 0 Å². The molecule has 0 bridgehead atoms. The molecule has 1 aliphatic carbocycles. The first kappa shape index (κ1) is 17.0. The molecule has 3 heterocycles. The summed E-state index contributed by atoms with van der Waals surface area (Å²) in [5.41, 5.74) is 1.15. The number of carbonyl (C=O) groups excluding carboxylic acids is 1. The highest BCUT2D eigenvalue weighted by Gasteiger charge is 2.48. The Morgan fingerprint density at radius 2 is 2.00 bits per heavy atom. The van der Waals surface area contributed by atoms with E-state index < -0.39 is 0 Å². The monoisotopic (exact) mass is 341 g/mol. The van der Waals surface area contributed by atoms with Crippen molar-refractivity contribution in [1.29, 1.82) is 0 Å². The summed E-state index contributed by atoms with van der Waals surface area (Å²) in [6, 6.07) is 4.13. The summed E-state index contributed by atoms with van der Waals surface area (Å²) in [6.45, 7) is 4.90. The van der Waals surface area contributed by atoms with E-state index in [0.29, 0.717) is 5.91 Å². The van der Waals surface area contributed by atoms with Crippen molar-refractivity contribution in [3.05, 3.63) is 30.1 Å². The van der Waals surface area contributed by atoms with Crippen LogP contribution in [0.1, 0.15) is 56.9 Å². The van der Waals surface area contributed by atoms with Crippen LogP contribution in [0.5, 0.6) is 0 Å².